The largest absolute Gasteiger partial charge is 0.459 e. The fourth-order valence-electron chi connectivity index (χ4n) is 4.42. The second kappa shape index (κ2) is 9.21. The zero-order chi connectivity index (χ0) is 18.4. The van der Waals surface area contributed by atoms with Crippen molar-refractivity contribution in [3.8, 4) is 6.07 Å². The molecule has 0 aliphatic heterocycles. The van der Waals surface area contributed by atoms with E-state index in [0.717, 1.165) is 44.4 Å². The van der Waals surface area contributed by atoms with E-state index in [-0.39, 0.29) is 18.0 Å². The lowest BCUT2D eigenvalue weighted by Gasteiger charge is -2.26. The summed E-state index contributed by atoms with van der Waals surface area (Å²) in [6.45, 7) is 2.26. The summed E-state index contributed by atoms with van der Waals surface area (Å²) in [5.41, 5.74) is 3.44. The first-order valence-corrected chi connectivity index (χ1v) is 10.4. The maximum atomic E-state index is 12.5. The number of carbonyl (C=O) groups is 1. The predicted octanol–water partition coefficient (Wildman–Crippen LogP) is 5.61. The van der Waals surface area contributed by atoms with Gasteiger partial charge in [0.2, 0.25) is 0 Å². The number of benzene rings is 1. The minimum atomic E-state index is -0.196. The second-order valence-electron chi connectivity index (χ2n) is 8.10. The molecule has 0 heterocycles. The highest BCUT2D eigenvalue weighted by Gasteiger charge is 2.25. The maximum Gasteiger partial charge on any atom is 0.338 e. The molecule has 26 heavy (non-hydrogen) atoms. The van der Waals surface area contributed by atoms with Gasteiger partial charge in [-0.15, -0.1) is 0 Å². The lowest BCUT2D eigenvalue weighted by Crippen LogP contribution is -2.24. The average Bonchev–Trinajstić information content (AvgIpc) is 2.68. The number of fused-ring (bicyclic) bond motifs is 1. The molecule has 1 atom stereocenters. The molecule has 140 valence electrons. The zero-order valence-corrected chi connectivity index (χ0v) is 16.0. The fourth-order valence-corrected chi connectivity index (χ4v) is 4.42. The summed E-state index contributed by atoms with van der Waals surface area (Å²) in [6.07, 6.45) is 12.1. The number of nitrogens with zero attached hydrogens (tertiary/aromatic N) is 1. The monoisotopic (exact) mass is 353 g/mol. The van der Waals surface area contributed by atoms with Crippen LogP contribution in [0.5, 0.6) is 0 Å². The molecule has 1 fully saturated rings. The first-order chi connectivity index (χ1) is 12.7. The van der Waals surface area contributed by atoms with Gasteiger partial charge in [0.1, 0.15) is 6.10 Å². The number of carbonyl (C=O) groups excluding carboxylic acids is 1. The summed E-state index contributed by atoms with van der Waals surface area (Å²) in [6, 6.07) is 8.46. The van der Waals surface area contributed by atoms with Crippen LogP contribution in [0.2, 0.25) is 0 Å². The molecule has 0 amide bonds. The van der Waals surface area contributed by atoms with Crippen molar-refractivity contribution in [2.24, 2.45) is 11.8 Å². The van der Waals surface area contributed by atoms with Crippen molar-refractivity contribution in [1.82, 2.24) is 0 Å². The molecular weight excluding hydrogens is 322 g/mol. The molecule has 1 aromatic rings. The third-order valence-corrected chi connectivity index (χ3v) is 6.12. The van der Waals surface area contributed by atoms with Crippen LogP contribution in [0.15, 0.2) is 18.2 Å². The Morgan fingerprint density at radius 2 is 1.96 bits per heavy atom. The second-order valence-corrected chi connectivity index (χ2v) is 8.10. The lowest BCUT2D eigenvalue weighted by molar-refractivity contribution is 0.0187. The number of ether oxygens (including phenoxy) is 1. The summed E-state index contributed by atoms with van der Waals surface area (Å²) in [4.78, 5) is 12.5. The van der Waals surface area contributed by atoms with Crippen molar-refractivity contribution in [2.45, 2.75) is 83.7 Å². The molecular formula is C23H31NO2. The fraction of sp³-hybridized carbons (Fsp3) is 0.652. The molecule has 1 aromatic carbocycles. The van der Waals surface area contributed by atoms with Crippen molar-refractivity contribution < 1.29 is 9.53 Å². The zero-order valence-electron chi connectivity index (χ0n) is 16.0. The van der Waals surface area contributed by atoms with Crippen LogP contribution >= 0.6 is 0 Å². The highest BCUT2D eigenvalue weighted by atomic mass is 16.5. The van der Waals surface area contributed by atoms with Crippen molar-refractivity contribution in [3.05, 3.63) is 34.9 Å². The highest BCUT2D eigenvalue weighted by molar-refractivity contribution is 5.89. The first-order valence-electron chi connectivity index (χ1n) is 10.4. The topological polar surface area (TPSA) is 50.1 Å². The Morgan fingerprint density at radius 3 is 2.69 bits per heavy atom. The number of esters is 1. The number of rotatable bonds is 6. The lowest BCUT2D eigenvalue weighted by atomic mass is 9.81. The Morgan fingerprint density at radius 1 is 1.15 bits per heavy atom. The summed E-state index contributed by atoms with van der Waals surface area (Å²) < 4.78 is 5.70. The molecule has 3 heteroatoms. The molecule has 0 aromatic heterocycles. The molecule has 0 spiro atoms. The molecule has 3 rings (SSSR count). The van der Waals surface area contributed by atoms with Gasteiger partial charge < -0.3 is 4.74 Å². The molecule has 2 aliphatic rings. The number of nitriles is 1. The van der Waals surface area contributed by atoms with E-state index in [0.29, 0.717) is 5.56 Å². The van der Waals surface area contributed by atoms with E-state index < -0.39 is 0 Å². The van der Waals surface area contributed by atoms with Crippen molar-refractivity contribution in [2.75, 3.05) is 0 Å². The van der Waals surface area contributed by atoms with Crippen LogP contribution in [0, 0.1) is 23.2 Å². The van der Waals surface area contributed by atoms with Gasteiger partial charge in [-0.1, -0.05) is 38.7 Å². The number of hydrogen-bond donors (Lipinski definition) is 0. The van der Waals surface area contributed by atoms with Crippen molar-refractivity contribution in [1.29, 1.82) is 5.26 Å². The van der Waals surface area contributed by atoms with Gasteiger partial charge in [0, 0.05) is 5.92 Å². The van der Waals surface area contributed by atoms with Crippen LogP contribution in [-0.2, 0) is 17.6 Å². The van der Waals surface area contributed by atoms with Crippen LogP contribution in [0.1, 0.15) is 86.2 Å². The highest BCUT2D eigenvalue weighted by Crippen LogP contribution is 2.30. The first kappa shape index (κ1) is 19.0. The third-order valence-electron chi connectivity index (χ3n) is 6.12. The molecule has 0 radical (unpaired) electrons. The van der Waals surface area contributed by atoms with E-state index >= 15 is 0 Å². The average molecular weight is 354 g/mol. The van der Waals surface area contributed by atoms with Gasteiger partial charge in [0.05, 0.1) is 11.6 Å². The SMILES string of the molecule is CCCCCC1CCc2cc(C(=O)O[C@H]3CC[C@H](C#N)CC3)ccc2C1. The van der Waals surface area contributed by atoms with Gasteiger partial charge in [-0.2, -0.15) is 5.26 Å². The quantitative estimate of drug-likeness (QED) is 0.493. The molecule has 1 saturated carbocycles. The Hall–Kier alpha value is -1.82. The maximum absolute atomic E-state index is 12.5. The Bertz CT molecular complexity index is 653. The molecule has 0 bridgehead atoms. The van der Waals surface area contributed by atoms with E-state index in [4.69, 9.17) is 10.00 Å². The van der Waals surface area contributed by atoms with Gasteiger partial charge in [0.25, 0.3) is 0 Å². The number of aryl methyl sites for hydroxylation is 1. The third kappa shape index (κ3) is 4.87. The minimum absolute atomic E-state index is 0.0221. The Labute approximate surface area is 157 Å². The van der Waals surface area contributed by atoms with Gasteiger partial charge >= 0.3 is 5.97 Å². The number of hydrogen-bond acceptors (Lipinski definition) is 3. The minimum Gasteiger partial charge on any atom is -0.459 e. The van der Waals surface area contributed by atoms with Crippen molar-refractivity contribution in [3.63, 3.8) is 0 Å². The summed E-state index contributed by atoms with van der Waals surface area (Å²) in [7, 11) is 0. The molecule has 0 N–H and O–H groups in total. The molecule has 1 unspecified atom stereocenters. The normalized spacial score (nSPS) is 25.2. The summed E-state index contributed by atoms with van der Waals surface area (Å²) in [5, 5.41) is 8.97. The van der Waals surface area contributed by atoms with E-state index in [1.807, 2.05) is 6.07 Å². The van der Waals surface area contributed by atoms with Crippen LogP contribution < -0.4 is 0 Å². The van der Waals surface area contributed by atoms with Gasteiger partial charge in [-0.05, 0) is 74.1 Å². The Balaban J connectivity index is 1.54. The van der Waals surface area contributed by atoms with Crippen LogP contribution in [0.4, 0.5) is 0 Å². The van der Waals surface area contributed by atoms with E-state index in [9.17, 15) is 4.79 Å². The van der Waals surface area contributed by atoms with E-state index in [1.165, 1.54) is 43.2 Å². The molecule has 3 nitrogen and oxygen atoms in total. The summed E-state index contributed by atoms with van der Waals surface area (Å²) >= 11 is 0. The standard InChI is InChI=1S/C23H31NO2/c1-2-3-4-5-17-6-9-20-15-21(11-10-19(20)14-17)23(25)26-22-12-7-18(16-24)8-13-22/h10-11,15,17-18,22H,2-9,12-14H2,1H3/t17?,18-,22-. The van der Waals surface area contributed by atoms with Gasteiger partial charge in [-0.25, -0.2) is 4.79 Å². The van der Waals surface area contributed by atoms with Gasteiger partial charge in [-0.3, -0.25) is 0 Å². The summed E-state index contributed by atoms with van der Waals surface area (Å²) in [5.74, 6) is 0.749. The smallest absolute Gasteiger partial charge is 0.338 e. The van der Waals surface area contributed by atoms with E-state index in [2.05, 4.69) is 25.1 Å². The number of unbranched alkanes of at least 4 members (excludes halogenated alkanes) is 2. The molecule has 2 aliphatic carbocycles. The molecule has 0 saturated heterocycles. The van der Waals surface area contributed by atoms with E-state index in [1.54, 1.807) is 0 Å². The predicted molar refractivity (Wildman–Crippen MR) is 103 cm³/mol. The van der Waals surface area contributed by atoms with Crippen LogP contribution in [0.3, 0.4) is 0 Å². The van der Waals surface area contributed by atoms with Crippen LogP contribution in [0.25, 0.3) is 0 Å². The van der Waals surface area contributed by atoms with Crippen LogP contribution in [-0.4, -0.2) is 12.1 Å². The van der Waals surface area contributed by atoms with Crippen molar-refractivity contribution >= 4 is 5.97 Å². The Kier molecular flexibility index (Phi) is 6.72. The van der Waals surface area contributed by atoms with Gasteiger partial charge in [0.15, 0.2) is 0 Å².